The van der Waals surface area contributed by atoms with Gasteiger partial charge in [-0.3, -0.25) is 4.55 Å². The van der Waals surface area contributed by atoms with Crippen LogP contribution in [0.3, 0.4) is 0 Å². The van der Waals surface area contributed by atoms with Gasteiger partial charge < -0.3 is 0 Å². The van der Waals surface area contributed by atoms with Crippen LogP contribution >= 0.6 is 0 Å². The molecule has 0 bridgehead atoms. The Morgan fingerprint density at radius 2 is 1.78 bits per heavy atom. The number of hydrogen-bond donors (Lipinski definition) is 1. The monoisotopic (exact) mass is 296 g/mol. The highest BCUT2D eigenvalue weighted by Gasteiger charge is 2.15. The predicted octanol–water partition coefficient (Wildman–Crippen LogP) is 1.12. The van der Waals surface area contributed by atoms with Crippen molar-refractivity contribution in [2.24, 2.45) is 5.92 Å². The summed E-state index contributed by atoms with van der Waals surface area (Å²) in [6, 6.07) is 0. The van der Waals surface area contributed by atoms with Gasteiger partial charge in [0.25, 0.3) is 10.1 Å². The molecule has 0 aliphatic carbocycles. The maximum Gasteiger partial charge on any atom is 0.266 e. The normalized spacial score (nSPS) is 13.7. The van der Waals surface area contributed by atoms with Crippen LogP contribution in [0.4, 0.5) is 0 Å². The summed E-state index contributed by atoms with van der Waals surface area (Å²) in [5.41, 5.74) is 0. The molecule has 1 atom stereocenters. The van der Waals surface area contributed by atoms with Crippen molar-refractivity contribution < 1.29 is 21.4 Å². The maximum absolute atomic E-state index is 11.2. The fraction of sp³-hybridized carbons (Fsp3) is 0.818. The summed E-state index contributed by atoms with van der Waals surface area (Å²) in [7, 11) is -7.01. The molecule has 0 aromatic carbocycles. The molecule has 18 heavy (non-hydrogen) atoms. The Morgan fingerprint density at radius 1 is 1.17 bits per heavy atom. The molecule has 0 fully saturated rings. The highest BCUT2D eigenvalue weighted by molar-refractivity contribution is 7.91. The molecule has 0 aliphatic rings. The minimum Gasteiger partial charge on any atom is -0.286 e. The van der Waals surface area contributed by atoms with Crippen LogP contribution in [0.5, 0.6) is 0 Å². The summed E-state index contributed by atoms with van der Waals surface area (Å²) < 4.78 is 52.7. The average Bonchev–Trinajstić information content (AvgIpc) is 2.22. The molecule has 1 N–H and O–H groups in total. The van der Waals surface area contributed by atoms with E-state index in [1.165, 1.54) is 0 Å². The van der Waals surface area contributed by atoms with Crippen LogP contribution in [0, 0.1) is 17.8 Å². The van der Waals surface area contributed by atoms with E-state index in [-0.39, 0.29) is 11.5 Å². The molecule has 7 heteroatoms. The Labute approximate surface area is 110 Å². The van der Waals surface area contributed by atoms with E-state index in [4.69, 9.17) is 4.55 Å². The van der Waals surface area contributed by atoms with E-state index in [2.05, 4.69) is 11.8 Å². The molecular weight excluding hydrogens is 276 g/mol. The van der Waals surface area contributed by atoms with E-state index < -0.39 is 31.6 Å². The smallest absolute Gasteiger partial charge is 0.266 e. The van der Waals surface area contributed by atoms with Crippen LogP contribution in [0.15, 0.2) is 0 Å². The summed E-state index contributed by atoms with van der Waals surface area (Å²) >= 11 is 0. The van der Waals surface area contributed by atoms with Gasteiger partial charge in [0.1, 0.15) is 9.84 Å². The van der Waals surface area contributed by atoms with E-state index >= 15 is 0 Å². The topological polar surface area (TPSA) is 88.5 Å². The molecule has 0 spiro atoms. The first-order valence-corrected chi connectivity index (χ1v) is 9.21. The van der Waals surface area contributed by atoms with Gasteiger partial charge in [-0.05, 0) is 19.8 Å². The summed E-state index contributed by atoms with van der Waals surface area (Å²) in [6.45, 7) is 3.19. The third-order valence-corrected chi connectivity index (χ3v) is 5.07. The second-order valence-electron chi connectivity index (χ2n) is 4.07. The van der Waals surface area contributed by atoms with Crippen molar-refractivity contribution in [1.29, 1.82) is 0 Å². The highest BCUT2D eigenvalue weighted by Crippen LogP contribution is 2.11. The second-order valence-corrected chi connectivity index (χ2v) is 8.04. The largest absolute Gasteiger partial charge is 0.286 e. The van der Waals surface area contributed by atoms with Crippen molar-refractivity contribution in [3.05, 3.63) is 0 Å². The third-order valence-electron chi connectivity index (χ3n) is 2.46. The number of rotatable bonds is 8. The summed E-state index contributed by atoms with van der Waals surface area (Å²) in [5, 5.41) is 0. The Morgan fingerprint density at radius 3 is 2.22 bits per heavy atom. The first-order valence-electron chi connectivity index (χ1n) is 5.78. The van der Waals surface area contributed by atoms with Crippen molar-refractivity contribution >= 4 is 20.0 Å². The van der Waals surface area contributed by atoms with Crippen LogP contribution in [-0.4, -0.2) is 38.6 Å². The zero-order valence-corrected chi connectivity index (χ0v) is 12.3. The standard InChI is InChI=1S/C11H20O5S2/c1-3-7-11(10-18(14,15)16)8-5-6-9-17(12,13)4-2/h11H,4-6,8-10H2,1-2H3,(H,14,15,16). The summed E-state index contributed by atoms with van der Waals surface area (Å²) in [6.07, 6.45) is 1.54. The molecule has 0 amide bonds. The van der Waals surface area contributed by atoms with Crippen molar-refractivity contribution in [3.63, 3.8) is 0 Å². The highest BCUT2D eigenvalue weighted by atomic mass is 32.2. The predicted molar refractivity (Wildman–Crippen MR) is 71.5 cm³/mol. The fourth-order valence-electron chi connectivity index (χ4n) is 1.51. The van der Waals surface area contributed by atoms with Crippen LogP contribution in [0.1, 0.15) is 33.1 Å². The fourth-order valence-corrected chi connectivity index (χ4v) is 3.20. The van der Waals surface area contributed by atoms with Crippen molar-refractivity contribution in [2.75, 3.05) is 17.3 Å². The maximum atomic E-state index is 11.2. The molecular formula is C11H20O5S2. The quantitative estimate of drug-likeness (QED) is 0.412. The van der Waals surface area contributed by atoms with Gasteiger partial charge in [-0.1, -0.05) is 19.3 Å². The zero-order valence-electron chi connectivity index (χ0n) is 10.7. The molecule has 5 nitrogen and oxygen atoms in total. The minimum absolute atomic E-state index is 0.113. The summed E-state index contributed by atoms with van der Waals surface area (Å²) in [5.74, 6) is 4.73. The molecule has 106 valence electrons. The molecule has 0 radical (unpaired) electrons. The van der Waals surface area contributed by atoms with Crippen molar-refractivity contribution in [3.8, 4) is 11.8 Å². The second kappa shape index (κ2) is 7.77. The minimum atomic E-state index is -4.04. The number of sulfone groups is 1. The average molecular weight is 296 g/mol. The molecule has 0 saturated heterocycles. The molecule has 1 unspecified atom stereocenters. The van der Waals surface area contributed by atoms with E-state index in [1.807, 2.05) is 0 Å². The Balaban J connectivity index is 4.17. The van der Waals surface area contributed by atoms with E-state index in [0.29, 0.717) is 19.3 Å². The molecule has 0 rings (SSSR count). The van der Waals surface area contributed by atoms with Crippen LogP contribution in [0.2, 0.25) is 0 Å². The van der Waals surface area contributed by atoms with Gasteiger partial charge in [-0.25, -0.2) is 8.42 Å². The lowest BCUT2D eigenvalue weighted by Crippen LogP contribution is -2.15. The molecule has 0 aliphatic heterocycles. The van der Waals surface area contributed by atoms with Gasteiger partial charge in [-0.15, -0.1) is 5.92 Å². The first-order chi connectivity index (χ1) is 8.20. The lowest BCUT2D eigenvalue weighted by atomic mass is 10.1. The molecule has 0 saturated carbocycles. The summed E-state index contributed by atoms with van der Waals surface area (Å²) in [4.78, 5) is 0. The van der Waals surface area contributed by atoms with Gasteiger partial charge in [0.2, 0.25) is 0 Å². The molecule has 0 heterocycles. The number of hydrogen-bond acceptors (Lipinski definition) is 4. The van der Waals surface area contributed by atoms with Gasteiger partial charge in [0.15, 0.2) is 0 Å². The lowest BCUT2D eigenvalue weighted by molar-refractivity contribution is 0.470. The van der Waals surface area contributed by atoms with Crippen LogP contribution in [0.25, 0.3) is 0 Å². The lowest BCUT2D eigenvalue weighted by Gasteiger charge is -2.08. The van der Waals surface area contributed by atoms with Crippen molar-refractivity contribution in [2.45, 2.75) is 33.1 Å². The van der Waals surface area contributed by atoms with E-state index in [1.54, 1.807) is 13.8 Å². The Hall–Kier alpha value is -0.580. The van der Waals surface area contributed by atoms with Crippen LogP contribution < -0.4 is 0 Å². The van der Waals surface area contributed by atoms with Gasteiger partial charge in [-0.2, -0.15) is 8.42 Å². The zero-order chi connectivity index (χ0) is 14.2. The van der Waals surface area contributed by atoms with E-state index in [0.717, 1.165) is 0 Å². The van der Waals surface area contributed by atoms with Gasteiger partial charge in [0.05, 0.1) is 11.5 Å². The van der Waals surface area contributed by atoms with Gasteiger partial charge >= 0.3 is 0 Å². The Bertz CT molecular complexity index is 493. The Kier molecular flexibility index (Phi) is 7.52. The van der Waals surface area contributed by atoms with E-state index in [9.17, 15) is 16.8 Å². The van der Waals surface area contributed by atoms with Crippen LogP contribution in [-0.2, 0) is 20.0 Å². The number of unbranched alkanes of at least 4 members (excludes halogenated alkanes) is 1. The first kappa shape index (κ1) is 17.4. The molecule has 0 aromatic rings. The van der Waals surface area contributed by atoms with Crippen molar-refractivity contribution in [1.82, 2.24) is 0 Å². The third kappa shape index (κ3) is 9.45. The SMILES string of the molecule is CC#CC(CCCCS(=O)(=O)CC)CS(=O)(=O)O. The van der Waals surface area contributed by atoms with Gasteiger partial charge in [0, 0.05) is 11.7 Å². The molecule has 0 aromatic heterocycles.